The van der Waals surface area contributed by atoms with Gasteiger partial charge in [0.1, 0.15) is 23.7 Å². The molecule has 1 unspecified atom stereocenters. The van der Waals surface area contributed by atoms with Crippen molar-refractivity contribution in [2.24, 2.45) is 17.8 Å². The summed E-state index contributed by atoms with van der Waals surface area (Å²) < 4.78 is 39.3. The van der Waals surface area contributed by atoms with Crippen molar-refractivity contribution >= 4 is 38.6 Å². The molecule has 44 heavy (non-hydrogen) atoms. The summed E-state index contributed by atoms with van der Waals surface area (Å²) in [5.74, 6) is -2.07. The molecule has 1 aliphatic heterocycles. The van der Waals surface area contributed by atoms with Gasteiger partial charge in [0.05, 0.1) is 35.1 Å². The van der Waals surface area contributed by atoms with Gasteiger partial charge >= 0.3 is 0 Å². The topological polar surface area (TPSA) is 157 Å². The molecule has 12 nitrogen and oxygen atoms in total. The number of fused-ring (bicyclic) bond motifs is 3. The number of carbonyl (C=O) groups excluding carboxylic acids is 3. The minimum Gasteiger partial charge on any atom is -0.496 e. The molecule has 2 aromatic rings. The first-order valence-corrected chi connectivity index (χ1v) is 16.8. The fourth-order valence-electron chi connectivity index (χ4n) is 6.59. The summed E-state index contributed by atoms with van der Waals surface area (Å²) in [5.41, 5.74) is 0.145. The zero-order chi connectivity index (χ0) is 31.2. The normalized spacial score (nSPS) is 30.0. The molecule has 2 heterocycles. The van der Waals surface area contributed by atoms with Crippen molar-refractivity contribution in [3.63, 3.8) is 0 Å². The first kappa shape index (κ1) is 30.3. The van der Waals surface area contributed by atoms with Crippen molar-refractivity contribution in [2.75, 3.05) is 20.7 Å². The molecule has 3 aliphatic carbocycles. The van der Waals surface area contributed by atoms with E-state index in [1.165, 1.54) is 6.33 Å². The molecule has 1 aromatic heterocycles. The molecule has 3 fully saturated rings. The number of hydrogen-bond acceptors (Lipinski definition) is 9. The van der Waals surface area contributed by atoms with E-state index in [-0.39, 0.29) is 18.2 Å². The van der Waals surface area contributed by atoms with E-state index in [4.69, 9.17) is 9.47 Å². The Bertz CT molecular complexity index is 1620. The van der Waals surface area contributed by atoms with Crippen LogP contribution in [0.25, 0.3) is 10.9 Å². The van der Waals surface area contributed by atoms with Crippen LogP contribution >= 0.6 is 0 Å². The lowest BCUT2D eigenvalue weighted by molar-refractivity contribution is -0.140. The van der Waals surface area contributed by atoms with Gasteiger partial charge in [-0.2, -0.15) is 0 Å². The number of hydrogen-bond donors (Lipinski definition) is 2. The Kier molecular flexibility index (Phi) is 8.02. The molecule has 13 heteroatoms. The molecule has 3 saturated carbocycles. The number of carbonyl (C=O) groups is 3. The number of aryl methyl sites for hydroxylation is 1. The maximum absolute atomic E-state index is 14.0. The molecule has 0 bridgehead atoms. The van der Waals surface area contributed by atoms with Gasteiger partial charge in [0, 0.05) is 25.1 Å². The van der Waals surface area contributed by atoms with E-state index in [9.17, 15) is 22.8 Å². The molecule has 236 valence electrons. The molecule has 0 saturated heterocycles. The molecule has 5 atom stereocenters. The maximum Gasteiger partial charge on any atom is 0.259 e. The number of methoxy groups -OCH3 is 1. The molecule has 3 amide bonds. The molecular formula is C31H39N5O7S. The molecule has 1 aromatic carbocycles. The zero-order valence-corrected chi connectivity index (χ0v) is 26.1. The summed E-state index contributed by atoms with van der Waals surface area (Å²) in [4.78, 5) is 51.6. The van der Waals surface area contributed by atoms with E-state index in [1.807, 2.05) is 31.2 Å². The SMILES string of the molecule is COc1ccc2c(O[C@H]3CC4C(=O)N(C)CCCC/C=C\[C@H]5C[C@@]5(C(=O)NS(=O)(=O)C5CC5)NC(=O)[C@@H]4C3)ncnc2c1C. The number of ether oxygens (including phenoxy) is 2. The highest BCUT2D eigenvalue weighted by Crippen LogP contribution is 2.47. The maximum atomic E-state index is 14.0. The fourth-order valence-corrected chi connectivity index (χ4v) is 7.96. The second-order valence-electron chi connectivity index (χ2n) is 12.5. The number of rotatable bonds is 6. The van der Waals surface area contributed by atoms with Crippen LogP contribution in [-0.4, -0.2) is 78.6 Å². The smallest absolute Gasteiger partial charge is 0.259 e. The van der Waals surface area contributed by atoms with Crippen LogP contribution in [0, 0.1) is 24.7 Å². The van der Waals surface area contributed by atoms with Crippen molar-refractivity contribution in [1.82, 2.24) is 24.9 Å². The van der Waals surface area contributed by atoms with Crippen molar-refractivity contribution in [2.45, 2.75) is 75.2 Å². The Labute approximate surface area is 257 Å². The van der Waals surface area contributed by atoms with Crippen LogP contribution in [0.3, 0.4) is 0 Å². The number of amides is 3. The molecule has 6 rings (SSSR count). The standard InChI is InChI=1S/C31H39N5O7S/c1-18-25(42-3)12-11-22-26(18)32-17-33-28(22)43-20-14-23-24(15-20)29(38)36(2)13-7-5-4-6-8-19-16-31(19,34-27(23)37)30(39)35-44(40,41)21-9-10-21/h6,8,11-12,17,19-21,23-24H,4-5,7,9-10,13-16H2,1-3H3,(H,34,37)(H,35,39)/b8-6-/t19-,20+,23+,24?,31+/m0/s1. The van der Waals surface area contributed by atoms with E-state index >= 15 is 0 Å². The first-order chi connectivity index (χ1) is 21.0. The van der Waals surface area contributed by atoms with Crippen LogP contribution in [0.5, 0.6) is 11.6 Å². The van der Waals surface area contributed by atoms with Crippen molar-refractivity contribution < 1.29 is 32.3 Å². The Morgan fingerprint density at radius 1 is 1.14 bits per heavy atom. The van der Waals surface area contributed by atoms with E-state index in [1.54, 1.807) is 19.1 Å². The lowest BCUT2D eigenvalue weighted by Crippen LogP contribution is -2.54. The number of benzene rings is 1. The average Bonchev–Trinajstić information content (AvgIpc) is 3.92. The Morgan fingerprint density at radius 3 is 2.66 bits per heavy atom. The lowest BCUT2D eigenvalue weighted by atomic mass is 9.93. The summed E-state index contributed by atoms with van der Waals surface area (Å²) >= 11 is 0. The number of aromatic nitrogens is 2. The third kappa shape index (κ3) is 5.73. The van der Waals surface area contributed by atoms with Crippen molar-refractivity contribution in [1.29, 1.82) is 0 Å². The van der Waals surface area contributed by atoms with Crippen LogP contribution in [0.4, 0.5) is 0 Å². The summed E-state index contributed by atoms with van der Waals surface area (Å²) in [5, 5.41) is 3.03. The van der Waals surface area contributed by atoms with Gasteiger partial charge in [-0.3, -0.25) is 19.1 Å². The summed E-state index contributed by atoms with van der Waals surface area (Å²) in [6.07, 6.45) is 9.04. The van der Waals surface area contributed by atoms with Gasteiger partial charge in [0.15, 0.2) is 0 Å². The highest BCUT2D eigenvalue weighted by atomic mass is 32.2. The minimum absolute atomic E-state index is 0.154. The third-order valence-electron chi connectivity index (χ3n) is 9.47. The largest absolute Gasteiger partial charge is 0.496 e. The number of allylic oxidation sites excluding steroid dienone is 1. The molecule has 0 spiro atoms. The van der Waals surface area contributed by atoms with Crippen LogP contribution in [0.1, 0.15) is 56.9 Å². The average molecular weight is 626 g/mol. The summed E-state index contributed by atoms with van der Waals surface area (Å²) in [6.45, 7) is 2.47. The number of nitrogens with zero attached hydrogens (tertiary/aromatic N) is 3. The van der Waals surface area contributed by atoms with Crippen LogP contribution in [0.15, 0.2) is 30.6 Å². The Morgan fingerprint density at radius 2 is 1.91 bits per heavy atom. The van der Waals surface area contributed by atoms with Crippen LogP contribution in [0.2, 0.25) is 0 Å². The second kappa shape index (κ2) is 11.6. The van der Waals surface area contributed by atoms with Gasteiger partial charge in [0.2, 0.25) is 27.7 Å². The predicted molar refractivity (Wildman–Crippen MR) is 161 cm³/mol. The third-order valence-corrected chi connectivity index (χ3v) is 11.3. The quantitative estimate of drug-likeness (QED) is 0.460. The second-order valence-corrected chi connectivity index (χ2v) is 14.5. The summed E-state index contributed by atoms with van der Waals surface area (Å²) in [7, 11) is -0.466. The molecule has 4 aliphatic rings. The van der Waals surface area contributed by atoms with Gasteiger partial charge in [-0.15, -0.1) is 0 Å². The fraction of sp³-hybridized carbons (Fsp3) is 0.581. The van der Waals surface area contributed by atoms with E-state index in [0.29, 0.717) is 54.8 Å². The van der Waals surface area contributed by atoms with Crippen LogP contribution < -0.4 is 19.5 Å². The van der Waals surface area contributed by atoms with Crippen molar-refractivity contribution in [3.8, 4) is 11.6 Å². The highest BCUT2D eigenvalue weighted by molar-refractivity contribution is 7.91. The Balaban J connectivity index is 1.27. The zero-order valence-electron chi connectivity index (χ0n) is 25.2. The van der Waals surface area contributed by atoms with Crippen LogP contribution in [-0.2, 0) is 24.4 Å². The van der Waals surface area contributed by atoms with Crippen molar-refractivity contribution in [3.05, 3.63) is 36.2 Å². The predicted octanol–water partition coefficient (Wildman–Crippen LogP) is 2.40. The van der Waals surface area contributed by atoms with E-state index in [0.717, 1.165) is 24.8 Å². The summed E-state index contributed by atoms with van der Waals surface area (Å²) in [6, 6.07) is 3.65. The van der Waals surface area contributed by atoms with E-state index < -0.39 is 50.6 Å². The highest BCUT2D eigenvalue weighted by Gasteiger charge is 2.62. The first-order valence-electron chi connectivity index (χ1n) is 15.3. The van der Waals surface area contributed by atoms with Gasteiger partial charge in [-0.05, 0) is 70.4 Å². The monoisotopic (exact) mass is 625 g/mol. The molecule has 0 radical (unpaired) electrons. The lowest BCUT2D eigenvalue weighted by Gasteiger charge is -2.26. The minimum atomic E-state index is -3.80. The molecule has 2 N–H and O–H groups in total. The van der Waals surface area contributed by atoms with Gasteiger partial charge in [-0.1, -0.05) is 12.2 Å². The number of sulfonamides is 1. The Hall–Kier alpha value is -3.74. The molecular weight excluding hydrogens is 586 g/mol. The number of nitrogens with one attached hydrogen (secondary N) is 2. The van der Waals surface area contributed by atoms with Gasteiger partial charge in [0.25, 0.3) is 5.91 Å². The van der Waals surface area contributed by atoms with Gasteiger partial charge < -0.3 is 19.7 Å². The van der Waals surface area contributed by atoms with Gasteiger partial charge in [-0.25, -0.2) is 18.4 Å². The van der Waals surface area contributed by atoms with E-state index in [2.05, 4.69) is 20.0 Å².